The lowest BCUT2D eigenvalue weighted by Gasteiger charge is -2.31. The minimum Gasteiger partial charge on any atom is -0.496 e. The van der Waals surface area contributed by atoms with Crippen LogP contribution >= 0.6 is 0 Å². The Morgan fingerprint density at radius 3 is 2.32 bits per heavy atom. The maximum absolute atomic E-state index is 12.9. The average Bonchev–Trinajstić information content (AvgIpc) is 2.64. The summed E-state index contributed by atoms with van der Waals surface area (Å²) in [5.41, 5.74) is 2.62. The molecule has 1 heterocycles. The molecule has 0 amide bonds. The van der Waals surface area contributed by atoms with E-state index in [-0.39, 0.29) is 12.7 Å². The van der Waals surface area contributed by atoms with Gasteiger partial charge in [-0.1, -0.05) is 30.9 Å². The van der Waals surface area contributed by atoms with Crippen LogP contribution in [0.2, 0.25) is 0 Å². The van der Waals surface area contributed by atoms with Gasteiger partial charge in [0.15, 0.2) is 0 Å². The summed E-state index contributed by atoms with van der Waals surface area (Å²) in [5, 5.41) is 3.12. The average molecular weight is 385 g/mol. The van der Waals surface area contributed by atoms with Crippen molar-refractivity contribution in [2.45, 2.75) is 39.7 Å². The van der Waals surface area contributed by atoms with Gasteiger partial charge in [0.25, 0.3) is 0 Å². The molecular weight excluding hydrogens is 358 g/mol. The fourth-order valence-electron chi connectivity index (χ4n) is 3.24. The molecular formula is C22H27NO5. The van der Waals surface area contributed by atoms with Gasteiger partial charge < -0.3 is 19.5 Å². The van der Waals surface area contributed by atoms with E-state index in [4.69, 9.17) is 14.2 Å². The number of allylic oxidation sites excluding steroid dienone is 2. The molecule has 1 aromatic rings. The van der Waals surface area contributed by atoms with Crippen LogP contribution in [0.3, 0.4) is 0 Å². The number of benzene rings is 1. The van der Waals surface area contributed by atoms with Crippen molar-refractivity contribution in [2.24, 2.45) is 0 Å². The SMILES string of the molecule is C=CCOC(=O)C1=C(C)NC(C)=C(C(=O)OC(C)C)C1c1ccccc1OC. The smallest absolute Gasteiger partial charge is 0.337 e. The third-order valence-electron chi connectivity index (χ3n) is 4.33. The highest BCUT2D eigenvalue weighted by atomic mass is 16.5. The van der Waals surface area contributed by atoms with E-state index >= 15 is 0 Å². The maximum atomic E-state index is 12.9. The molecule has 2 rings (SSSR count). The largest absolute Gasteiger partial charge is 0.496 e. The highest BCUT2D eigenvalue weighted by Gasteiger charge is 2.39. The fourth-order valence-corrected chi connectivity index (χ4v) is 3.24. The van der Waals surface area contributed by atoms with Gasteiger partial charge in [0, 0.05) is 17.0 Å². The van der Waals surface area contributed by atoms with Crippen molar-refractivity contribution in [1.29, 1.82) is 0 Å². The number of rotatable bonds is 7. The van der Waals surface area contributed by atoms with Crippen LogP contribution < -0.4 is 10.1 Å². The number of nitrogens with one attached hydrogen (secondary N) is 1. The number of carbonyl (C=O) groups excluding carboxylic acids is 2. The predicted molar refractivity (Wildman–Crippen MR) is 107 cm³/mol. The van der Waals surface area contributed by atoms with Crippen LogP contribution in [0.4, 0.5) is 0 Å². The van der Waals surface area contributed by atoms with Gasteiger partial charge in [0.1, 0.15) is 12.4 Å². The highest BCUT2D eigenvalue weighted by molar-refractivity contribution is 6.00. The molecule has 1 aromatic carbocycles. The first-order valence-electron chi connectivity index (χ1n) is 9.12. The van der Waals surface area contributed by atoms with Crippen LogP contribution in [0.5, 0.6) is 5.75 Å². The number of hydrogen-bond acceptors (Lipinski definition) is 6. The van der Waals surface area contributed by atoms with E-state index in [9.17, 15) is 9.59 Å². The predicted octanol–water partition coefficient (Wildman–Crippen LogP) is 3.61. The number of para-hydroxylation sites is 1. The van der Waals surface area contributed by atoms with E-state index in [0.717, 1.165) is 0 Å². The molecule has 28 heavy (non-hydrogen) atoms. The molecule has 1 unspecified atom stereocenters. The summed E-state index contributed by atoms with van der Waals surface area (Å²) < 4.78 is 16.3. The second-order valence-electron chi connectivity index (χ2n) is 6.72. The van der Waals surface area contributed by atoms with Gasteiger partial charge in [0.2, 0.25) is 0 Å². The summed E-state index contributed by atoms with van der Waals surface area (Å²) in [5.74, 6) is -1.12. The molecule has 0 saturated heterocycles. The Kier molecular flexibility index (Phi) is 7.04. The minimum absolute atomic E-state index is 0.0722. The summed E-state index contributed by atoms with van der Waals surface area (Å²) in [4.78, 5) is 25.8. The van der Waals surface area contributed by atoms with Gasteiger partial charge in [0.05, 0.1) is 30.3 Å². The monoisotopic (exact) mass is 385 g/mol. The van der Waals surface area contributed by atoms with Crippen molar-refractivity contribution in [3.8, 4) is 5.75 Å². The highest BCUT2D eigenvalue weighted by Crippen LogP contribution is 2.42. The van der Waals surface area contributed by atoms with Gasteiger partial charge in [-0.05, 0) is 33.8 Å². The van der Waals surface area contributed by atoms with Crippen molar-refractivity contribution in [1.82, 2.24) is 5.32 Å². The molecule has 0 aromatic heterocycles. The Morgan fingerprint density at radius 2 is 1.75 bits per heavy atom. The van der Waals surface area contributed by atoms with E-state index in [0.29, 0.717) is 33.9 Å². The molecule has 0 radical (unpaired) electrons. The van der Waals surface area contributed by atoms with Gasteiger partial charge in [-0.15, -0.1) is 0 Å². The molecule has 1 aliphatic rings. The Hall–Kier alpha value is -3.02. The molecule has 0 saturated carbocycles. The normalized spacial score (nSPS) is 16.6. The molecule has 0 fully saturated rings. The zero-order chi connectivity index (χ0) is 20.8. The number of carbonyl (C=O) groups is 2. The zero-order valence-electron chi connectivity index (χ0n) is 17.0. The van der Waals surface area contributed by atoms with Gasteiger partial charge in [-0.25, -0.2) is 9.59 Å². The Bertz CT molecular complexity index is 835. The molecule has 1 N–H and O–H groups in total. The standard InChI is InChI=1S/C22H27NO5/c1-7-12-27-21(24)18-14(4)23-15(5)19(22(25)28-13(2)3)20(18)16-10-8-9-11-17(16)26-6/h7-11,13,20,23H,1,12H2,2-6H3. The number of hydrogen-bond donors (Lipinski definition) is 1. The summed E-state index contributed by atoms with van der Waals surface area (Å²) in [6, 6.07) is 7.29. The molecule has 6 nitrogen and oxygen atoms in total. The summed E-state index contributed by atoms with van der Waals surface area (Å²) >= 11 is 0. The van der Waals surface area contributed by atoms with E-state index in [1.165, 1.54) is 6.08 Å². The number of dihydropyridines is 1. The van der Waals surface area contributed by atoms with E-state index in [1.54, 1.807) is 40.9 Å². The quantitative estimate of drug-likeness (QED) is 0.571. The lowest BCUT2D eigenvalue weighted by molar-refractivity contribution is -0.143. The van der Waals surface area contributed by atoms with Crippen LogP contribution in [0.25, 0.3) is 0 Å². The summed E-state index contributed by atoms with van der Waals surface area (Å²) in [7, 11) is 1.55. The van der Waals surface area contributed by atoms with Crippen LogP contribution in [-0.4, -0.2) is 31.8 Å². The number of ether oxygens (including phenoxy) is 3. The van der Waals surface area contributed by atoms with Crippen molar-refractivity contribution >= 4 is 11.9 Å². The van der Waals surface area contributed by atoms with Crippen molar-refractivity contribution < 1.29 is 23.8 Å². The van der Waals surface area contributed by atoms with E-state index in [1.807, 2.05) is 18.2 Å². The summed E-state index contributed by atoms with van der Waals surface area (Å²) in [6.45, 7) is 10.8. The Labute approximate surface area is 165 Å². The van der Waals surface area contributed by atoms with Crippen LogP contribution in [0.1, 0.15) is 39.2 Å². The molecule has 0 spiro atoms. The van der Waals surface area contributed by atoms with E-state index < -0.39 is 17.9 Å². The topological polar surface area (TPSA) is 73.9 Å². The first-order valence-corrected chi connectivity index (χ1v) is 9.12. The number of esters is 2. The van der Waals surface area contributed by atoms with Gasteiger partial charge >= 0.3 is 11.9 Å². The molecule has 0 bridgehead atoms. The molecule has 6 heteroatoms. The van der Waals surface area contributed by atoms with Gasteiger partial charge in [-0.3, -0.25) is 0 Å². The lowest BCUT2D eigenvalue weighted by atomic mass is 9.80. The van der Waals surface area contributed by atoms with Crippen molar-refractivity contribution in [3.63, 3.8) is 0 Å². The second kappa shape index (κ2) is 9.26. The van der Waals surface area contributed by atoms with Crippen molar-refractivity contribution in [3.05, 3.63) is 65.0 Å². The summed E-state index contributed by atoms with van der Waals surface area (Å²) in [6.07, 6.45) is 1.20. The first kappa shape index (κ1) is 21.3. The van der Waals surface area contributed by atoms with Crippen LogP contribution in [-0.2, 0) is 19.1 Å². The fraction of sp³-hybridized carbons (Fsp3) is 0.364. The molecule has 1 atom stereocenters. The van der Waals surface area contributed by atoms with Gasteiger partial charge in [-0.2, -0.15) is 0 Å². The van der Waals surface area contributed by atoms with Crippen molar-refractivity contribution in [2.75, 3.05) is 13.7 Å². The Morgan fingerprint density at radius 1 is 1.14 bits per heavy atom. The zero-order valence-corrected chi connectivity index (χ0v) is 17.0. The number of methoxy groups -OCH3 is 1. The first-order chi connectivity index (χ1) is 13.3. The minimum atomic E-state index is -0.680. The Balaban J connectivity index is 2.67. The third-order valence-corrected chi connectivity index (χ3v) is 4.33. The van der Waals surface area contributed by atoms with E-state index in [2.05, 4.69) is 11.9 Å². The van der Waals surface area contributed by atoms with Crippen LogP contribution in [0.15, 0.2) is 59.5 Å². The molecule has 0 aliphatic carbocycles. The third kappa shape index (κ3) is 4.44. The maximum Gasteiger partial charge on any atom is 0.337 e. The lowest BCUT2D eigenvalue weighted by Crippen LogP contribution is -2.33. The molecule has 1 aliphatic heterocycles. The second-order valence-corrected chi connectivity index (χ2v) is 6.72. The van der Waals surface area contributed by atoms with Crippen LogP contribution in [0, 0.1) is 0 Å². The molecule has 150 valence electrons.